The lowest BCUT2D eigenvalue weighted by Crippen LogP contribution is -2.41. The van der Waals surface area contributed by atoms with E-state index in [1.54, 1.807) is 0 Å². The number of aromatic nitrogens is 1. The predicted octanol–water partition coefficient (Wildman–Crippen LogP) is 2.01. The van der Waals surface area contributed by atoms with Gasteiger partial charge >= 0.3 is 12.0 Å². The molecular weight excluding hydrogens is 258 g/mol. The molecule has 0 bridgehead atoms. The van der Waals surface area contributed by atoms with Crippen molar-refractivity contribution in [3.8, 4) is 0 Å². The summed E-state index contributed by atoms with van der Waals surface area (Å²) in [4.78, 5) is 26.5. The van der Waals surface area contributed by atoms with Crippen molar-refractivity contribution >= 4 is 12.0 Å². The minimum Gasteiger partial charge on any atom is -0.478 e. The zero-order valence-electron chi connectivity index (χ0n) is 12.0. The average molecular weight is 279 g/mol. The smallest absolute Gasteiger partial charge is 0.335 e. The van der Waals surface area contributed by atoms with Crippen LogP contribution in [0.1, 0.15) is 43.2 Å². The van der Waals surface area contributed by atoms with E-state index in [0.717, 1.165) is 6.42 Å². The Morgan fingerprint density at radius 1 is 1.35 bits per heavy atom. The van der Waals surface area contributed by atoms with Crippen LogP contribution in [0.2, 0.25) is 0 Å². The summed E-state index contributed by atoms with van der Waals surface area (Å²) in [5, 5.41) is 14.4. The summed E-state index contributed by atoms with van der Waals surface area (Å²) >= 11 is 0. The highest BCUT2D eigenvalue weighted by atomic mass is 16.4. The van der Waals surface area contributed by atoms with Crippen molar-refractivity contribution in [1.29, 1.82) is 0 Å². The van der Waals surface area contributed by atoms with E-state index >= 15 is 0 Å². The van der Waals surface area contributed by atoms with Crippen LogP contribution in [0, 0.1) is 5.92 Å². The quantitative estimate of drug-likeness (QED) is 0.743. The molecule has 0 aliphatic heterocycles. The number of carbonyl (C=O) groups is 2. The second-order valence-corrected chi connectivity index (χ2v) is 5.20. The van der Waals surface area contributed by atoms with Gasteiger partial charge < -0.3 is 15.7 Å². The van der Waals surface area contributed by atoms with Crippen molar-refractivity contribution in [3.05, 3.63) is 29.6 Å². The van der Waals surface area contributed by atoms with E-state index in [0.29, 0.717) is 11.6 Å². The maximum Gasteiger partial charge on any atom is 0.335 e. The third-order valence-electron chi connectivity index (χ3n) is 2.70. The Morgan fingerprint density at radius 2 is 2.05 bits per heavy atom. The molecule has 2 amide bonds. The molecular formula is C14H21N3O3. The summed E-state index contributed by atoms with van der Waals surface area (Å²) in [6, 6.07) is 2.67. The van der Waals surface area contributed by atoms with E-state index in [1.807, 2.05) is 6.92 Å². The molecule has 1 heterocycles. The Labute approximate surface area is 118 Å². The number of urea groups is 1. The van der Waals surface area contributed by atoms with Crippen molar-refractivity contribution < 1.29 is 14.7 Å². The Morgan fingerprint density at radius 3 is 2.65 bits per heavy atom. The highest BCUT2D eigenvalue weighted by molar-refractivity contribution is 5.87. The molecule has 0 spiro atoms. The van der Waals surface area contributed by atoms with Crippen LogP contribution in [-0.4, -0.2) is 28.1 Å². The molecule has 6 nitrogen and oxygen atoms in total. The number of pyridine rings is 1. The molecule has 0 saturated carbocycles. The van der Waals surface area contributed by atoms with E-state index < -0.39 is 5.97 Å². The van der Waals surface area contributed by atoms with Gasteiger partial charge in [0.05, 0.1) is 17.8 Å². The molecule has 1 aromatic rings. The molecule has 20 heavy (non-hydrogen) atoms. The summed E-state index contributed by atoms with van der Waals surface area (Å²) in [7, 11) is 0. The number of carboxylic acids is 1. The number of carbonyl (C=O) groups excluding carboxylic acids is 1. The van der Waals surface area contributed by atoms with Gasteiger partial charge in [-0.25, -0.2) is 9.59 Å². The van der Waals surface area contributed by atoms with Gasteiger partial charge in [0.25, 0.3) is 0 Å². The second kappa shape index (κ2) is 7.47. The minimum absolute atomic E-state index is 0.0910. The Hall–Kier alpha value is -2.11. The molecule has 110 valence electrons. The summed E-state index contributed by atoms with van der Waals surface area (Å²) in [5.74, 6) is -0.497. The van der Waals surface area contributed by atoms with E-state index in [-0.39, 0.29) is 24.2 Å². The monoisotopic (exact) mass is 279 g/mol. The molecule has 0 fully saturated rings. The number of amides is 2. The van der Waals surface area contributed by atoms with Crippen LogP contribution in [0.25, 0.3) is 0 Å². The van der Waals surface area contributed by atoms with E-state index in [1.165, 1.54) is 18.3 Å². The Bertz CT molecular complexity index is 474. The number of nitrogens with zero attached hydrogens (tertiary/aromatic N) is 1. The molecule has 1 atom stereocenters. The first-order chi connectivity index (χ1) is 9.38. The van der Waals surface area contributed by atoms with Gasteiger partial charge in [-0.3, -0.25) is 4.98 Å². The van der Waals surface area contributed by atoms with Gasteiger partial charge in [-0.05, 0) is 31.4 Å². The number of carboxylic acid groups (broad SMARTS) is 1. The molecule has 0 aliphatic carbocycles. The molecule has 0 aromatic carbocycles. The number of hydrogen-bond donors (Lipinski definition) is 3. The van der Waals surface area contributed by atoms with Crippen molar-refractivity contribution in [2.45, 2.75) is 39.8 Å². The van der Waals surface area contributed by atoms with E-state index in [2.05, 4.69) is 29.5 Å². The number of aromatic carboxylic acids is 1. The summed E-state index contributed by atoms with van der Waals surface area (Å²) in [5.41, 5.74) is 0.668. The predicted molar refractivity (Wildman–Crippen MR) is 75.5 cm³/mol. The lowest BCUT2D eigenvalue weighted by molar-refractivity contribution is 0.0696. The molecule has 0 aliphatic rings. The molecule has 0 radical (unpaired) electrons. The lowest BCUT2D eigenvalue weighted by Gasteiger charge is -2.16. The normalized spacial score (nSPS) is 12.0. The fourth-order valence-corrected chi connectivity index (χ4v) is 1.92. The fourth-order valence-electron chi connectivity index (χ4n) is 1.92. The summed E-state index contributed by atoms with van der Waals surface area (Å²) < 4.78 is 0. The summed E-state index contributed by atoms with van der Waals surface area (Å²) in [6.07, 6.45) is 2.32. The van der Waals surface area contributed by atoms with Crippen LogP contribution in [0.15, 0.2) is 18.3 Å². The number of nitrogens with one attached hydrogen (secondary N) is 2. The van der Waals surface area contributed by atoms with E-state index in [4.69, 9.17) is 5.11 Å². The lowest BCUT2D eigenvalue weighted by atomic mass is 10.1. The van der Waals surface area contributed by atoms with Gasteiger partial charge in [-0.15, -0.1) is 0 Å². The van der Waals surface area contributed by atoms with Gasteiger partial charge in [-0.1, -0.05) is 13.8 Å². The standard InChI is InChI=1S/C14H21N3O3/c1-9(2)6-10(3)17-14(20)16-8-12-7-11(13(18)19)4-5-15-12/h4-5,7,9-10H,6,8H2,1-3H3,(H,18,19)(H2,16,17,20). The van der Waals surface area contributed by atoms with Gasteiger partial charge in [0.15, 0.2) is 0 Å². The van der Waals surface area contributed by atoms with Crippen molar-refractivity contribution in [2.24, 2.45) is 5.92 Å². The van der Waals surface area contributed by atoms with Gasteiger partial charge in [-0.2, -0.15) is 0 Å². The van der Waals surface area contributed by atoms with Crippen molar-refractivity contribution in [3.63, 3.8) is 0 Å². The highest BCUT2D eigenvalue weighted by Crippen LogP contribution is 2.04. The van der Waals surface area contributed by atoms with Crippen LogP contribution in [0.4, 0.5) is 4.79 Å². The third kappa shape index (κ3) is 5.69. The molecule has 1 unspecified atom stereocenters. The summed E-state index contributed by atoms with van der Waals surface area (Å²) in [6.45, 7) is 6.33. The van der Waals surface area contributed by atoms with Gasteiger partial charge in [0, 0.05) is 12.2 Å². The third-order valence-corrected chi connectivity index (χ3v) is 2.70. The number of hydrogen-bond acceptors (Lipinski definition) is 3. The molecule has 1 aromatic heterocycles. The van der Waals surface area contributed by atoms with Crippen molar-refractivity contribution in [1.82, 2.24) is 15.6 Å². The first-order valence-electron chi connectivity index (χ1n) is 6.61. The van der Waals surface area contributed by atoms with Crippen molar-refractivity contribution in [2.75, 3.05) is 0 Å². The second-order valence-electron chi connectivity index (χ2n) is 5.20. The zero-order valence-corrected chi connectivity index (χ0v) is 12.0. The Kier molecular flexibility index (Phi) is 5.96. The zero-order chi connectivity index (χ0) is 15.1. The largest absolute Gasteiger partial charge is 0.478 e. The molecule has 0 saturated heterocycles. The average Bonchev–Trinajstić information content (AvgIpc) is 2.35. The SMILES string of the molecule is CC(C)CC(C)NC(=O)NCc1cc(C(=O)O)ccn1. The first kappa shape index (κ1) is 15.9. The molecule has 1 rings (SSSR count). The van der Waals surface area contributed by atoms with Crippen LogP contribution in [0.5, 0.6) is 0 Å². The Balaban J connectivity index is 2.45. The van der Waals surface area contributed by atoms with Crippen LogP contribution < -0.4 is 10.6 Å². The highest BCUT2D eigenvalue weighted by Gasteiger charge is 2.09. The molecule has 6 heteroatoms. The minimum atomic E-state index is -1.01. The fraction of sp³-hybridized carbons (Fsp3) is 0.500. The maximum absolute atomic E-state index is 11.7. The van der Waals surface area contributed by atoms with Crippen LogP contribution >= 0.6 is 0 Å². The van der Waals surface area contributed by atoms with E-state index in [9.17, 15) is 9.59 Å². The van der Waals surface area contributed by atoms with Crippen LogP contribution in [-0.2, 0) is 6.54 Å². The first-order valence-corrected chi connectivity index (χ1v) is 6.61. The van der Waals surface area contributed by atoms with Gasteiger partial charge in [0.2, 0.25) is 0 Å². The van der Waals surface area contributed by atoms with Gasteiger partial charge in [0.1, 0.15) is 0 Å². The number of rotatable bonds is 6. The molecule has 3 N–H and O–H groups in total. The topological polar surface area (TPSA) is 91.3 Å². The maximum atomic E-state index is 11.7. The van der Waals surface area contributed by atoms with Crippen LogP contribution in [0.3, 0.4) is 0 Å².